The second-order valence-corrected chi connectivity index (χ2v) is 9.18. The fourth-order valence-corrected chi connectivity index (χ4v) is 4.02. The van der Waals surface area contributed by atoms with Crippen LogP contribution in [0.3, 0.4) is 0 Å². The van der Waals surface area contributed by atoms with E-state index in [4.69, 9.17) is 25.8 Å². The van der Waals surface area contributed by atoms with Crippen LogP contribution in [0.25, 0.3) is 6.08 Å². The summed E-state index contributed by atoms with van der Waals surface area (Å²) < 4.78 is 17.0. The first-order chi connectivity index (χ1) is 18.2. The molecule has 0 radical (unpaired) electrons. The van der Waals surface area contributed by atoms with Crippen molar-refractivity contribution in [1.82, 2.24) is 0 Å². The number of rotatable bonds is 10. The first kappa shape index (κ1) is 28.6. The van der Waals surface area contributed by atoms with Gasteiger partial charge in [-0.3, -0.25) is 9.59 Å². The lowest BCUT2D eigenvalue weighted by molar-refractivity contribution is -0.118. The minimum Gasteiger partial charge on any atom is -0.497 e. The number of amides is 2. The van der Waals surface area contributed by atoms with E-state index >= 15 is 0 Å². The summed E-state index contributed by atoms with van der Waals surface area (Å²) in [6.07, 6.45) is 1.43. The Morgan fingerprint density at radius 2 is 1.76 bits per heavy atom. The Bertz CT molecular complexity index is 1400. The predicted molar refractivity (Wildman–Crippen MR) is 151 cm³/mol. The van der Waals surface area contributed by atoms with E-state index in [0.29, 0.717) is 50.3 Å². The number of ether oxygens (including phenoxy) is 3. The second kappa shape index (κ2) is 13.5. The number of carbonyl (C=O) groups is 2. The monoisotopic (exact) mass is 597 g/mol. The van der Waals surface area contributed by atoms with Gasteiger partial charge < -0.3 is 24.8 Å². The van der Waals surface area contributed by atoms with Crippen molar-refractivity contribution in [3.8, 4) is 23.3 Å². The Morgan fingerprint density at radius 1 is 1.05 bits per heavy atom. The summed E-state index contributed by atoms with van der Waals surface area (Å²) in [5.74, 6) is 0.339. The molecule has 0 aliphatic rings. The maximum atomic E-state index is 12.7. The molecule has 0 aromatic heterocycles. The van der Waals surface area contributed by atoms with Crippen LogP contribution in [0, 0.1) is 18.3 Å². The normalized spacial score (nSPS) is 10.8. The van der Waals surface area contributed by atoms with Gasteiger partial charge in [-0.25, -0.2) is 0 Å². The highest BCUT2D eigenvalue weighted by Gasteiger charge is 2.16. The van der Waals surface area contributed by atoms with Crippen LogP contribution in [-0.4, -0.2) is 32.1 Å². The van der Waals surface area contributed by atoms with E-state index in [0.717, 1.165) is 5.56 Å². The third-order valence-electron chi connectivity index (χ3n) is 5.16. The van der Waals surface area contributed by atoms with Gasteiger partial charge in [0.05, 0.1) is 18.2 Å². The van der Waals surface area contributed by atoms with E-state index in [9.17, 15) is 14.9 Å². The first-order valence-electron chi connectivity index (χ1n) is 11.5. The zero-order valence-electron chi connectivity index (χ0n) is 20.9. The molecule has 0 spiro atoms. The van der Waals surface area contributed by atoms with Crippen LogP contribution in [0.1, 0.15) is 18.1 Å². The van der Waals surface area contributed by atoms with Crippen LogP contribution in [0.2, 0.25) is 5.02 Å². The number of halogens is 2. The molecule has 0 aliphatic heterocycles. The van der Waals surface area contributed by atoms with Crippen LogP contribution in [-0.2, 0) is 9.59 Å². The summed E-state index contributed by atoms with van der Waals surface area (Å²) in [4.78, 5) is 25.1. The van der Waals surface area contributed by atoms with E-state index in [1.165, 1.54) is 6.08 Å². The summed E-state index contributed by atoms with van der Waals surface area (Å²) in [5, 5.41) is 15.6. The van der Waals surface area contributed by atoms with Gasteiger partial charge in [0, 0.05) is 16.4 Å². The molecule has 3 aromatic carbocycles. The van der Waals surface area contributed by atoms with Crippen molar-refractivity contribution in [3.05, 3.63) is 80.8 Å². The smallest absolute Gasteiger partial charge is 0.266 e. The summed E-state index contributed by atoms with van der Waals surface area (Å²) >= 11 is 9.56. The molecule has 0 fully saturated rings. The molecule has 0 aliphatic carbocycles. The minimum absolute atomic E-state index is 0.111. The minimum atomic E-state index is -0.569. The lowest BCUT2D eigenvalue weighted by Crippen LogP contribution is -2.20. The van der Waals surface area contributed by atoms with Crippen LogP contribution < -0.4 is 24.8 Å². The van der Waals surface area contributed by atoms with Gasteiger partial charge >= 0.3 is 0 Å². The molecule has 0 heterocycles. The van der Waals surface area contributed by atoms with Crippen molar-refractivity contribution in [2.45, 2.75) is 13.8 Å². The SMILES string of the molecule is CCOc1cc(/C=C(/C#N)C(=O)Nc2ccc(OC)cc2)cc(Br)c1OCC(=O)Nc1ccc(C)c(Cl)c1. The fourth-order valence-electron chi connectivity index (χ4n) is 3.27. The van der Waals surface area contributed by atoms with Crippen molar-refractivity contribution in [3.63, 3.8) is 0 Å². The molecule has 8 nitrogen and oxygen atoms in total. The van der Waals surface area contributed by atoms with E-state index in [2.05, 4.69) is 26.6 Å². The van der Waals surface area contributed by atoms with E-state index in [1.807, 2.05) is 19.1 Å². The van der Waals surface area contributed by atoms with Gasteiger partial charge in [0.15, 0.2) is 18.1 Å². The molecule has 0 saturated heterocycles. The third-order valence-corrected chi connectivity index (χ3v) is 6.16. The summed E-state index contributed by atoms with van der Waals surface area (Å²) in [7, 11) is 1.55. The van der Waals surface area contributed by atoms with Crippen molar-refractivity contribution >= 4 is 56.8 Å². The number of hydrogen-bond donors (Lipinski definition) is 2. The Labute approximate surface area is 234 Å². The van der Waals surface area contributed by atoms with Gasteiger partial charge in [-0.1, -0.05) is 17.7 Å². The van der Waals surface area contributed by atoms with Gasteiger partial charge in [0.2, 0.25) is 0 Å². The number of hydrogen-bond acceptors (Lipinski definition) is 6. The van der Waals surface area contributed by atoms with E-state index in [1.54, 1.807) is 62.6 Å². The number of methoxy groups -OCH3 is 1. The predicted octanol–water partition coefficient (Wildman–Crippen LogP) is 6.38. The number of nitrogens with one attached hydrogen (secondary N) is 2. The molecule has 0 unspecified atom stereocenters. The molecular weight excluding hydrogens is 574 g/mol. The summed E-state index contributed by atoms with van der Waals surface area (Å²) in [6.45, 7) is 3.72. The highest BCUT2D eigenvalue weighted by Crippen LogP contribution is 2.37. The molecule has 2 N–H and O–H groups in total. The molecule has 196 valence electrons. The zero-order valence-corrected chi connectivity index (χ0v) is 23.3. The van der Waals surface area contributed by atoms with Gasteiger partial charge in [0.25, 0.3) is 11.8 Å². The number of anilines is 2. The van der Waals surface area contributed by atoms with Crippen molar-refractivity contribution in [2.75, 3.05) is 31.0 Å². The number of nitrogens with zero attached hydrogens (tertiary/aromatic N) is 1. The molecule has 2 amide bonds. The number of carbonyl (C=O) groups excluding carboxylic acids is 2. The molecular formula is C28H25BrClN3O5. The maximum Gasteiger partial charge on any atom is 0.266 e. The van der Waals surface area contributed by atoms with Gasteiger partial charge in [0.1, 0.15) is 17.4 Å². The Kier molecular flexibility index (Phi) is 10.2. The quantitative estimate of drug-likeness (QED) is 0.207. The fraction of sp³-hybridized carbons (Fsp3) is 0.179. The van der Waals surface area contributed by atoms with Crippen molar-refractivity contribution in [1.29, 1.82) is 5.26 Å². The number of aryl methyl sites for hydroxylation is 1. The van der Waals surface area contributed by atoms with Crippen LogP contribution in [0.15, 0.2) is 64.6 Å². The topological polar surface area (TPSA) is 110 Å². The molecule has 0 bridgehead atoms. The van der Waals surface area contributed by atoms with Crippen molar-refractivity contribution < 1.29 is 23.8 Å². The van der Waals surface area contributed by atoms with Crippen molar-refractivity contribution in [2.24, 2.45) is 0 Å². The van der Waals surface area contributed by atoms with Crippen LogP contribution in [0.5, 0.6) is 17.2 Å². The maximum absolute atomic E-state index is 12.7. The van der Waals surface area contributed by atoms with Gasteiger partial charge in [-0.15, -0.1) is 0 Å². The largest absolute Gasteiger partial charge is 0.497 e. The first-order valence-corrected chi connectivity index (χ1v) is 12.6. The highest BCUT2D eigenvalue weighted by atomic mass is 79.9. The summed E-state index contributed by atoms with van der Waals surface area (Å²) in [6, 6.07) is 17.2. The van der Waals surface area contributed by atoms with Gasteiger partial charge in [-0.05, 0) is 95.5 Å². The van der Waals surface area contributed by atoms with E-state index < -0.39 is 5.91 Å². The second-order valence-electron chi connectivity index (χ2n) is 7.92. The van der Waals surface area contributed by atoms with E-state index in [-0.39, 0.29) is 18.1 Å². The average molecular weight is 599 g/mol. The molecule has 0 atom stereocenters. The highest BCUT2D eigenvalue weighted by molar-refractivity contribution is 9.10. The molecule has 0 saturated carbocycles. The Morgan fingerprint density at radius 3 is 2.39 bits per heavy atom. The standard InChI is InChI=1S/C28H25BrClN3O5/c1-4-37-25-13-18(11-19(15-31)28(35)33-20-7-9-22(36-3)10-8-20)12-23(29)27(25)38-16-26(34)32-21-6-5-17(2)24(30)14-21/h5-14H,4,16H2,1-3H3,(H,32,34)(H,33,35)/b19-11-. The van der Waals surface area contributed by atoms with Crippen LogP contribution >= 0.6 is 27.5 Å². The van der Waals surface area contributed by atoms with Gasteiger partial charge in [-0.2, -0.15) is 5.26 Å². The zero-order chi connectivity index (χ0) is 27.7. The summed E-state index contributed by atoms with van der Waals surface area (Å²) in [5.41, 5.74) is 2.38. The lowest BCUT2D eigenvalue weighted by atomic mass is 10.1. The molecule has 38 heavy (non-hydrogen) atoms. The lowest BCUT2D eigenvalue weighted by Gasteiger charge is -2.15. The number of benzene rings is 3. The number of nitriles is 1. The van der Waals surface area contributed by atoms with Crippen LogP contribution in [0.4, 0.5) is 11.4 Å². The average Bonchev–Trinajstić information content (AvgIpc) is 2.89. The molecule has 3 aromatic rings. The Balaban J connectivity index is 1.75. The molecule has 3 rings (SSSR count). The third kappa shape index (κ3) is 7.75. The molecule has 10 heteroatoms. The Hall–Kier alpha value is -4.00.